The summed E-state index contributed by atoms with van der Waals surface area (Å²) in [7, 11) is -16.0. The molecule has 0 fully saturated rings. The van der Waals surface area contributed by atoms with E-state index in [0.717, 1.165) is 0 Å². The zero-order chi connectivity index (χ0) is 21.5. The Morgan fingerprint density at radius 2 is 0.194 bits per heavy atom. The fourth-order valence-electron chi connectivity index (χ4n) is 0. The molecular formula is H36B6F6O12S12. The smallest absolute Gasteiger partial charge is 0.398 e. The zero-order valence-corrected chi connectivity index (χ0v) is 29.1. The van der Waals surface area contributed by atoms with Crippen LogP contribution in [0.4, 0.5) is 25.9 Å². The van der Waals surface area contributed by atoms with Crippen LogP contribution in [0.2, 0.25) is 0 Å². The van der Waals surface area contributed by atoms with Crippen molar-refractivity contribution >= 4 is 206 Å². The first kappa shape index (κ1) is 126. The monoisotopic (exact) mass is 792 g/mol. The van der Waals surface area contributed by atoms with Crippen molar-refractivity contribution in [2.45, 2.75) is 0 Å². The highest BCUT2D eigenvalue weighted by Crippen LogP contribution is 1.59. The number of rotatable bonds is 0. The van der Waals surface area contributed by atoms with E-state index in [0.29, 0.717) is 0 Å². The summed E-state index contributed by atoms with van der Waals surface area (Å²) in [4.78, 5) is 0. The van der Waals surface area contributed by atoms with Gasteiger partial charge in [0.2, 0.25) is 0 Å². The minimum atomic E-state index is -2.67. The molecule has 0 radical (unpaired) electrons. The van der Waals surface area contributed by atoms with Gasteiger partial charge >= 0.3 is 44.4 Å². The van der Waals surface area contributed by atoms with E-state index < -0.39 is 44.4 Å². The van der Waals surface area contributed by atoms with Crippen LogP contribution in [0, 0.1) is 0 Å². The van der Waals surface area contributed by atoms with Gasteiger partial charge in [-0.25, -0.2) is 0 Å². The maximum atomic E-state index is 10.1. The first-order valence-corrected chi connectivity index (χ1v) is 4.41. The maximum Gasteiger partial charge on any atom is 0.674 e. The van der Waals surface area contributed by atoms with Gasteiger partial charge < -0.3 is 60.3 Å². The van der Waals surface area contributed by atoms with Crippen LogP contribution in [0.25, 0.3) is 0 Å². The largest absolute Gasteiger partial charge is 0.674 e. The Morgan fingerprint density at radius 3 is 0.194 bits per heavy atom. The molecule has 36 heavy (non-hydrogen) atoms. The second-order valence-electron chi connectivity index (χ2n) is 1.86. The molecule has 12 N–H and O–H groups in total. The van der Waals surface area contributed by atoms with Gasteiger partial charge in [0.25, 0.3) is 0 Å². The van der Waals surface area contributed by atoms with E-state index in [1.54, 1.807) is 0 Å². The predicted molar refractivity (Wildman–Crippen MR) is 192 cm³/mol. The topological polar surface area (TPSA) is 243 Å². The van der Waals surface area contributed by atoms with E-state index >= 15 is 0 Å². The number of hydrogen-bond acceptors (Lipinski definition) is 12. The van der Waals surface area contributed by atoms with Crippen LogP contribution in [0.15, 0.2) is 0 Å². The lowest BCUT2D eigenvalue weighted by atomic mass is 10.3. The molecule has 0 aromatic heterocycles. The molecule has 0 rings (SSSR count). The fraction of sp³-hybridized carbons (Fsp3) is 0. The predicted octanol–water partition coefficient (Wildman–Crippen LogP) is -5.09. The maximum absolute atomic E-state index is 10.1. The quantitative estimate of drug-likeness (QED) is 0.0816. The average molecular weight is 792 g/mol. The number of halogens is 6. The van der Waals surface area contributed by atoms with Gasteiger partial charge in [-0.15, -0.1) is 0 Å². The lowest BCUT2D eigenvalue weighted by Gasteiger charge is -1.65. The minimum Gasteiger partial charge on any atom is -0.398 e. The molecule has 0 unspecified atom stereocenters. The first-order valence-electron chi connectivity index (χ1n) is 4.41. The van der Waals surface area contributed by atoms with Crippen molar-refractivity contribution in [1.29, 1.82) is 0 Å². The Morgan fingerprint density at radius 1 is 0.194 bits per heavy atom. The summed E-state index contributed by atoms with van der Waals surface area (Å²) in [5.41, 5.74) is 0. The van der Waals surface area contributed by atoms with Crippen LogP contribution >= 0.6 is 162 Å². The summed E-state index contributed by atoms with van der Waals surface area (Å²) in [6, 6.07) is 0. The Balaban J connectivity index is -0.00000000633. The molecule has 36 heteroatoms. The molecule has 0 heterocycles. The highest BCUT2D eigenvalue weighted by atomic mass is 32.1. The Labute approximate surface area is 290 Å². The van der Waals surface area contributed by atoms with Gasteiger partial charge in [-0.3, -0.25) is 25.9 Å². The van der Waals surface area contributed by atoms with E-state index in [1.165, 1.54) is 0 Å². The molecule has 0 aromatic carbocycles. The van der Waals surface area contributed by atoms with Crippen LogP contribution < -0.4 is 0 Å². The Bertz CT molecular complexity index is 144. The van der Waals surface area contributed by atoms with Gasteiger partial charge in [0.05, 0.1) is 0 Å². The second-order valence-corrected chi connectivity index (χ2v) is 1.86. The van der Waals surface area contributed by atoms with Crippen LogP contribution in [0.3, 0.4) is 0 Å². The summed E-state index contributed by atoms with van der Waals surface area (Å²) < 4.78 is 60.7. The molecule has 0 atom stereocenters. The summed E-state index contributed by atoms with van der Waals surface area (Å²) in [6.45, 7) is 0. The van der Waals surface area contributed by atoms with Gasteiger partial charge in [0.15, 0.2) is 0 Å². The van der Waals surface area contributed by atoms with Crippen molar-refractivity contribution < 1.29 is 86.2 Å². The zero-order valence-electron chi connectivity index (χ0n) is 17.1. The van der Waals surface area contributed by atoms with Crippen LogP contribution in [0.5, 0.6) is 0 Å². The van der Waals surface area contributed by atoms with Crippen LogP contribution in [0.1, 0.15) is 0 Å². The van der Waals surface area contributed by atoms with E-state index in [1.807, 2.05) is 0 Å². The lowest BCUT2D eigenvalue weighted by Crippen LogP contribution is -1.98. The third-order valence-corrected chi connectivity index (χ3v) is 0. The molecule has 0 bridgehead atoms. The molecule has 0 aliphatic rings. The van der Waals surface area contributed by atoms with E-state index in [4.69, 9.17) is 60.3 Å². The van der Waals surface area contributed by atoms with Crippen molar-refractivity contribution in [2.75, 3.05) is 0 Å². The van der Waals surface area contributed by atoms with Crippen LogP contribution in [-0.2, 0) is 0 Å². The molecule has 0 aliphatic heterocycles. The molecule has 0 saturated heterocycles. The van der Waals surface area contributed by atoms with Gasteiger partial charge in [-0.2, -0.15) is 162 Å². The second kappa shape index (κ2) is 117. The van der Waals surface area contributed by atoms with E-state index in [2.05, 4.69) is 0 Å². The average Bonchev–Trinajstić information content (AvgIpc) is 2.08. The molecule has 12 nitrogen and oxygen atoms in total. The molecule has 0 aromatic rings. The normalized spacial score (nSPS) is 4.50. The number of hydrogen-bond donors (Lipinski definition) is 12. The molecular weight excluding hydrogens is 756 g/mol. The van der Waals surface area contributed by atoms with Crippen molar-refractivity contribution in [3.63, 3.8) is 0 Å². The van der Waals surface area contributed by atoms with Gasteiger partial charge in [0.1, 0.15) is 0 Å². The van der Waals surface area contributed by atoms with E-state index in [9.17, 15) is 25.9 Å². The molecule has 240 valence electrons. The first-order chi connectivity index (χ1) is 10.4. The Hall–Kier alpha value is 3.69. The summed E-state index contributed by atoms with van der Waals surface area (Å²) in [5.74, 6) is 0. The molecule has 0 saturated carbocycles. The van der Waals surface area contributed by atoms with Crippen molar-refractivity contribution in [3.8, 4) is 0 Å². The fourth-order valence-corrected chi connectivity index (χ4v) is 0. The van der Waals surface area contributed by atoms with Crippen molar-refractivity contribution in [2.24, 2.45) is 0 Å². The third-order valence-electron chi connectivity index (χ3n) is 0. The standard InChI is InChI=1S/6BFH2O2.12H2S/c6*2-1(3)4;;;;;;;;;;;;/h6*3-4H;12*1H2. The van der Waals surface area contributed by atoms with Crippen LogP contribution in [-0.4, -0.2) is 105 Å². The summed E-state index contributed by atoms with van der Waals surface area (Å²) in [6.07, 6.45) is 0. The highest BCUT2D eigenvalue weighted by Gasteiger charge is 1.99. The van der Waals surface area contributed by atoms with Gasteiger partial charge in [-0.05, 0) is 0 Å². The Kier molecular flexibility index (Phi) is 410. The third kappa shape index (κ3) is 3730. The molecule has 0 spiro atoms. The lowest BCUT2D eigenvalue weighted by molar-refractivity contribution is 0.338. The van der Waals surface area contributed by atoms with E-state index in [-0.39, 0.29) is 162 Å². The van der Waals surface area contributed by atoms with Crippen molar-refractivity contribution in [1.82, 2.24) is 0 Å². The molecule has 0 amide bonds. The summed E-state index contributed by atoms with van der Waals surface area (Å²) >= 11 is 0. The SMILES string of the molecule is OB(O)F.OB(O)F.OB(O)F.OB(O)F.OB(O)F.OB(O)F.S.S.S.S.S.S.S.S.S.S.S.S. The summed E-state index contributed by atoms with van der Waals surface area (Å²) in [5, 5.41) is 83.3. The minimum absolute atomic E-state index is 0. The molecule has 0 aliphatic carbocycles. The van der Waals surface area contributed by atoms with Crippen molar-refractivity contribution in [3.05, 3.63) is 0 Å². The van der Waals surface area contributed by atoms with Gasteiger partial charge in [-0.1, -0.05) is 0 Å². The highest BCUT2D eigenvalue weighted by molar-refractivity contribution is 7.60. The van der Waals surface area contributed by atoms with Gasteiger partial charge in [0, 0.05) is 0 Å².